The Hall–Kier alpha value is -3.81. The normalized spacial score (nSPS) is 17.9. The van der Waals surface area contributed by atoms with Gasteiger partial charge in [-0.25, -0.2) is 14.6 Å². The summed E-state index contributed by atoms with van der Waals surface area (Å²) in [5.41, 5.74) is 2.05. The molecule has 2 heterocycles. The number of hydrogen-bond acceptors (Lipinski definition) is 6. The van der Waals surface area contributed by atoms with Crippen molar-refractivity contribution in [3.8, 4) is 17.1 Å². The highest BCUT2D eigenvalue weighted by atomic mass is 16.6. The summed E-state index contributed by atoms with van der Waals surface area (Å²) in [4.78, 5) is 32.6. The molecule has 1 fully saturated rings. The van der Waals surface area contributed by atoms with Crippen LogP contribution in [0.4, 0.5) is 10.5 Å². The zero-order chi connectivity index (χ0) is 25.3. The molecule has 0 spiro atoms. The lowest BCUT2D eigenvalue weighted by Crippen LogP contribution is -2.43. The van der Waals surface area contributed by atoms with Crippen molar-refractivity contribution in [3.05, 3.63) is 54.6 Å². The average Bonchev–Trinajstić information content (AvgIpc) is 3.22. The van der Waals surface area contributed by atoms with Crippen LogP contribution < -0.4 is 9.64 Å². The number of likely N-dealkylation sites (tertiary alicyclic amines) is 1. The van der Waals surface area contributed by atoms with Gasteiger partial charge in [-0.2, -0.15) is 0 Å². The van der Waals surface area contributed by atoms with Crippen LogP contribution in [0.25, 0.3) is 22.0 Å². The number of benzene rings is 2. The summed E-state index contributed by atoms with van der Waals surface area (Å²) in [6.45, 7) is 5.34. The lowest BCUT2D eigenvalue weighted by Gasteiger charge is -2.26. The standard InChI is InChI=1S/C27H31N3O5/c1-27(2,3)35-26(33)30-16-20(15-23(30)25(31)32)34-24-21-9-7-6-8-18(21)14-22(28-24)17-10-12-19(13-11-17)29(4)5/h6-14,20,23H,15-16H2,1-5H3,(H,31,32). The first kappa shape index (κ1) is 24.3. The van der Waals surface area contributed by atoms with Crippen molar-refractivity contribution in [1.82, 2.24) is 9.88 Å². The predicted octanol–water partition coefficient (Wildman–Crippen LogP) is 4.81. The van der Waals surface area contributed by atoms with E-state index in [2.05, 4.69) is 0 Å². The molecular formula is C27H31N3O5. The largest absolute Gasteiger partial charge is 0.480 e. The molecule has 1 aliphatic heterocycles. The molecule has 2 aromatic carbocycles. The number of carboxylic acids is 1. The van der Waals surface area contributed by atoms with Gasteiger partial charge in [-0.3, -0.25) is 4.90 Å². The van der Waals surface area contributed by atoms with Gasteiger partial charge in [0.15, 0.2) is 0 Å². The Morgan fingerprint density at radius 2 is 1.77 bits per heavy atom. The molecule has 0 bridgehead atoms. The van der Waals surface area contributed by atoms with Gasteiger partial charge in [-0.05, 0) is 50.4 Å². The maximum absolute atomic E-state index is 12.7. The number of rotatable bonds is 5. The van der Waals surface area contributed by atoms with Gasteiger partial charge in [-0.15, -0.1) is 0 Å². The van der Waals surface area contributed by atoms with Crippen molar-refractivity contribution in [2.75, 3.05) is 25.5 Å². The van der Waals surface area contributed by atoms with E-state index in [9.17, 15) is 14.7 Å². The van der Waals surface area contributed by atoms with E-state index in [1.54, 1.807) is 20.8 Å². The van der Waals surface area contributed by atoms with Crippen LogP contribution in [0.2, 0.25) is 0 Å². The summed E-state index contributed by atoms with van der Waals surface area (Å²) in [6, 6.07) is 16.8. The lowest BCUT2D eigenvalue weighted by atomic mass is 10.1. The van der Waals surface area contributed by atoms with E-state index in [1.165, 1.54) is 4.90 Å². The van der Waals surface area contributed by atoms with Crippen LogP contribution in [-0.4, -0.2) is 65.4 Å². The maximum Gasteiger partial charge on any atom is 0.411 e. The number of aromatic nitrogens is 1. The van der Waals surface area contributed by atoms with Crippen LogP contribution in [0.1, 0.15) is 27.2 Å². The minimum absolute atomic E-state index is 0.101. The number of carboxylic acid groups (broad SMARTS) is 1. The third-order valence-electron chi connectivity index (χ3n) is 5.84. The van der Waals surface area contributed by atoms with Gasteiger partial charge in [0.2, 0.25) is 5.88 Å². The average molecular weight is 478 g/mol. The molecule has 1 amide bonds. The third-order valence-corrected chi connectivity index (χ3v) is 5.84. The number of amides is 1. The van der Waals surface area contributed by atoms with E-state index in [0.29, 0.717) is 5.88 Å². The molecule has 1 N–H and O–H groups in total. The van der Waals surface area contributed by atoms with Crippen molar-refractivity contribution in [2.45, 2.75) is 44.9 Å². The summed E-state index contributed by atoms with van der Waals surface area (Å²) in [6.07, 6.45) is -1.05. The fourth-order valence-corrected chi connectivity index (χ4v) is 4.13. The molecule has 1 saturated heterocycles. The molecule has 0 saturated carbocycles. The Labute approximate surface area is 205 Å². The number of ether oxygens (including phenoxy) is 2. The molecule has 8 heteroatoms. The molecule has 2 atom stereocenters. The van der Waals surface area contributed by atoms with E-state index < -0.39 is 29.8 Å². The summed E-state index contributed by atoms with van der Waals surface area (Å²) in [5.74, 6) is -0.676. The van der Waals surface area contributed by atoms with E-state index in [4.69, 9.17) is 14.5 Å². The smallest absolute Gasteiger partial charge is 0.411 e. The highest BCUT2D eigenvalue weighted by Crippen LogP contribution is 2.32. The first-order valence-corrected chi connectivity index (χ1v) is 11.6. The van der Waals surface area contributed by atoms with Crippen LogP contribution >= 0.6 is 0 Å². The van der Waals surface area contributed by atoms with Gasteiger partial charge < -0.3 is 19.5 Å². The minimum Gasteiger partial charge on any atom is -0.480 e. The SMILES string of the molecule is CN(C)c1ccc(-c2cc3ccccc3c(OC3CC(C(=O)O)N(C(=O)OC(C)(C)C)C3)n2)cc1. The van der Waals surface area contributed by atoms with Crippen LogP contribution in [0.5, 0.6) is 5.88 Å². The van der Waals surface area contributed by atoms with Crippen LogP contribution in [0.3, 0.4) is 0 Å². The highest BCUT2D eigenvalue weighted by molar-refractivity contribution is 5.90. The number of carbonyl (C=O) groups excluding carboxylic acids is 1. The summed E-state index contributed by atoms with van der Waals surface area (Å²) < 4.78 is 11.7. The zero-order valence-electron chi connectivity index (χ0n) is 20.7. The quantitative estimate of drug-likeness (QED) is 0.564. The predicted molar refractivity (Wildman–Crippen MR) is 135 cm³/mol. The molecule has 4 rings (SSSR count). The minimum atomic E-state index is -1.09. The van der Waals surface area contributed by atoms with Crippen molar-refractivity contribution in [3.63, 3.8) is 0 Å². The van der Waals surface area contributed by atoms with Crippen LogP contribution in [0.15, 0.2) is 54.6 Å². The van der Waals surface area contributed by atoms with Gasteiger partial charge in [0.05, 0.1) is 12.2 Å². The van der Waals surface area contributed by atoms with E-state index in [-0.39, 0.29) is 13.0 Å². The topological polar surface area (TPSA) is 92.2 Å². The number of anilines is 1. The number of fused-ring (bicyclic) bond motifs is 1. The second-order valence-corrected chi connectivity index (χ2v) is 9.94. The Morgan fingerprint density at radius 3 is 2.40 bits per heavy atom. The van der Waals surface area contributed by atoms with Crippen LogP contribution in [-0.2, 0) is 9.53 Å². The zero-order valence-corrected chi connectivity index (χ0v) is 20.7. The molecular weight excluding hydrogens is 446 g/mol. The third kappa shape index (κ3) is 5.48. The Balaban J connectivity index is 1.64. The number of aliphatic carboxylic acids is 1. The van der Waals surface area contributed by atoms with Gasteiger partial charge in [0.25, 0.3) is 0 Å². The van der Waals surface area contributed by atoms with Crippen LogP contribution in [0, 0.1) is 0 Å². The van der Waals surface area contributed by atoms with Gasteiger partial charge in [0.1, 0.15) is 17.7 Å². The van der Waals surface area contributed by atoms with Crippen molar-refractivity contribution in [2.24, 2.45) is 0 Å². The lowest BCUT2D eigenvalue weighted by molar-refractivity contribution is -0.142. The molecule has 2 unspecified atom stereocenters. The van der Waals surface area contributed by atoms with Gasteiger partial charge >= 0.3 is 12.1 Å². The fourth-order valence-electron chi connectivity index (χ4n) is 4.13. The summed E-state index contributed by atoms with van der Waals surface area (Å²) in [5, 5.41) is 11.5. The first-order valence-electron chi connectivity index (χ1n) is 11.6. The van der Waals surface area contributed by atoms with Gasteiger partial charge in [-0.1, -0.05) is 30.3 Å². The second-order valence-electron chi connectivity index (χ2n) is 9.94. The molecule has 1 aliphatic rings. The number of carbonyl (C=O) groups is 2. The Kier molecular flexibility index (Phi) is 6.56. The highest BCUT2D eigenvalue weighted by Gasteiger charge is 2.43. The summed E-state index contributed by atoms with van der Waals surface area (Å²) >= 11 is 0. The number of pyridine rings is 1. The molecule has 3 aromatic rings. The van der Waals surface area contributed by atoms with Crippen molar-refractivity contribution < 1.29 is 24.2 Å². The molecule has 184 valence electrons. The fraction of sp³-hybridized carbons (Fsp3) is 0.370. The Bertz CT molecular complexity index is 1230. The monoisotopic (exact) mass is 477 g/mol. The molecule has 0 radical (unpaired) electrons. The summed E-state index contributed by atoms with van der Waals surface area (Å²) in [7, 11) is 3.98. The van der Waals surface area contributed by atoms with E-state index in [0.717, 1.165) is 27.7 Å². The van der Waals surface area contributed by atoms with E-state index >= 15 is 0 Å². The number of nitrogens with zero attached hydrogens (tertiary/aromatic N) is 3. The van der Waals surface area contributed by atoms with Crippen molar-refractivity contribution in [1.29, 1.82) is 0 Å². The molecule has 1 aromatic heterocycles. The number of hydrogen-bond donors (Lipinski definition) is 1. The second kappa shape index (κ2) is 9.44. The van der Waals surface area contributed by atoms with E-state index in [1.807, 2.05) is 73.6 Å². The molecule has 8 nitrogen and oxygen atoms in total. The maximum atomic E-state index is 12.7. The first-order chi connectivity index (χ1) is 16.5. The molecule has 0 aliphatic carbocycles. The Morgan fingerprint density at radius 1 is 1.09 bits per heavy atom. The van der Waals surface area contributed by atoms with Gasteiger partial charge in [0, 0.05) is 37.2 Å². The van der Waals surface area contributed by atoms with Crippen molar-refractivity contribution >= 4 is 28.5 Å². The molecule has 35 heavy (non-hydrogen) atoms.